The van der Waals surface area contributed by atoms with E-state index in [0.29, 0.717) is 11.5 Å². The number of hydrogen-bond donors (Lipinski definition) is 0. The molecule has 1 heterocycles. The van der Waals surface area contributed by atoms with Gasteiger partial charge in [0.2, 0.25) is 6.10 Å². The maximum atomic E-state index is 13.0. The maximum absolute atomic E-state index is 13.0. The van der Waals surface area contributed by atoms with Crippen LogP contribution in [0.1, 0.15) is 18.1 Å². The number of ether oxygens (including phenoxy) is 3. The summed E-state index contributed by atoms with van der Waals surface area (Å²) in [5.41, 5.74) is -0.949. The van der Waals surface area contributed by atoms with Crippen molar-refractivity contribution in [2.24, 2.45) is 0 Å². The first-order chi connectivity index (χ1) is 11.9. The van der Waals surface area contributed by atoms with Crippen molar-refractivity contribution in [1.82, 2.24) is 0 Å². The van der Waals surface area contributed by atoms with Crippen molar-refractivity contribution in [2.75, 3.05) is 0 Å². The Morgan fingerprint density at radius 3 is 2.32 bits per heavy atom. The highest BCUT2D eigenvalue weighted by molar-refractivity contribution is 5.76. The van der Waals surface area contributed by atoms with Gasteiger partial charge in [0, 0.05) is 5.56 Å². The smallest absolute Gasteiger partial charge is 0.416 e. The largest absolute Gasteiger partial charge is 0.482 e. The summed E-state index contributed by atoms with van der Waals surface area (Å²) in [6.45, 7) is 1.13. The summed E-state index contributed by atoms with van der Waals surface area (Å²) in [7, 11) is 0. The molecule has 2 aromatic carbocycles. The average Bonchev–Trinajstić information content (AvgIpc) is 2.58. The molecule has 0 radical (unpaired) electrons. The minimum atomic E-state index is -4.51. The Bertz CT molecular complexity index is 773. The fourth-order valence-corrected chi connectivity index (χ4v) is 2.53. The topological polar surface area (TPSA) is 44.8 Å². The van der Waals surface area contributed by atoms with Crippen LogP contribution in [0.5, 0.6) is 11.5 Å². The molecule has 0 aliphatic carbocycles. The van der Waals surface area contributed by atoms with Crippen molar-refractivity contribution >= 4 is 5.97 Å². The molecule has 0 fully saturated rings. The summed E-state index contributed by atoms with van der Waals surface area (Å²) < 4.78 is 55.1. The average molecular weight is 352 g/mol. The van der Waals surface area contributed by atoms with Gasteiger partial charge in [0.15, 0.2) is 11.5 Å². The Morgan fingerprint density at radius 2 is 1.64 bits per heavy atom. The number of rotatable bonds is 3. The number of esters is 1. The lowest BCUT2D eigenvalue weighted by Gasteiger charge is -2.30. The molecule has 7 heteroatoms. The first kappa shape index (κ1) is 17.1. The zero-order chi connectivity index (χ0) is 18.0. The quantitative estimate of drug-likeness (QED) is 0.784. The fourth-order valence-electron chi connectivity index (χ4n) is 2.53. The van der Waals surface area contributed by atoms with Crippen molar-refractivity contribution in [3.63, 3.8) is 0 Å². The number of halogens is 3. The SMILES string of the molecule is CC1Oc2ccccc2OC1C(=O)OCc1ccccc1C(F)(F)F. The third kappa shape index (κ3) is 3.70. The Balaban J connectivity index is 1.70. The molecule has 0 aromatic heterocycles. The van der Waals surface area contributed by atoms with E-state index in [4.69, 9.17) is 14.2 Å². The third-order valence-corrected chi connectivity index (χ3v) is 3.77. The van der Waals surface area contributed by atoms with Crippen molar-refractivity contribution in [3.05, 3.63) is 59.7 Å². The molecule has 0 saturated carbocycles. The molecular weight excluding hydrogens is 337 g/mol. The van der Waals surface area contributed by atoms with Gasteiger partial charge in [0.25, 0.3) is 0 Å². The van der Waals surface area contributed by atoms with E-state index in [-0.39, 0.29) is 5.56 Å². The van der Waals surface area contributed by atoms with E-state index in [9.17, 15) is 18.0 Å². The van der Waals surface area contributed by atoms with Gasteiger partial charge in [-0.3, -0.25) is 0 Å². The summed E-state index contributed by atoms with van der Waals surface area (Å²) in [5, 5.41) is 0. The zero-order valence-electron chi connectivity index (χ0n) is 13.2. The molecule has 2 aromatic rings. The Kier molecular flexibility index (Phi) is 4.57. The van der Waals surface area contributed by atoms with E-state index in [1.165, 1.54) is 18.2 Å². The van der Waals surface area contributed by atoms with Gasteiger partial charge >= 0.3 is 12.1 Å². The van der Waals surface area contributed by atoms with Crippen molar-refractivity contribution < 1.29 is 32.2 Å². The number of carbonyl (C=O) groups excluding carboxylic acids is 1. The molecule has 25 heavy (non-hydrogen) atoms. The summed E-state index contributed by atoms with van der Waals surface area (Å²) in [4.78, 5) is 12.2. The molecule has 0 saturated heterocycles. The molecule has 3 rings (SSSR count). The molecular formula is C18H15F3O4. The number of para-hydroxylation sites is 2. The standard InChI is InChI=1S/C18H15F3O4/c1-11-16(25-15-9-5-4-8-14(15)24-11)17(22)23-10-12-6-2-3-7-13(12)18(19,20)21/h2-9,11,16H,10H2,1H3. The molecule has 132 valence electrons. The number of alkyl halides is 3. The molecule has 4 nitrogen and oxygen atoms in total. The van der Waals surface area contributed by atoms with Crippen LogP contribution in [0.4, 0.5) is 13.2 Å². The number of carbonyl (C=O) groups is 1. The second-order valence-electron chi connectivity index (χ2n) is 5.57. The highest BCUT2D eigenvalue weighted by atomic mass is 19.4. The van der Waals surface area contributed by atoms with Gasteiger partial charge in [-0.15, -0.1) is 0 Å². The predicted octanol–water partition coefficient (Wildman–Crippen LogP) is 3.98. The van der Waals surface area contributed by atoms with Crippen LogP contribution in [-0.4, -0.2) is 18.2 Å². The van der Waals surface area contributed by atoms with Crippen LogP contribution < -0.4 is 9.47 Å². The molecule has 0 N–H and O–H groups in total. The van der Waals surface area contributed by atoms with E-state index in [0.717, 1.165) is 6.07 Å². The van der Waals surface area contributed by atoms with E-state index >= 15 is 0 Å². The van der Waals surface area contributed by atoms with Crippen LogP contribution in [-0.2, 0) is 22.3 Å². The lowest BCUT2D eigenvalue weighted by atomic mass is 10.1. The van der Waals surface area contributed by atoms with Crippen molar-refractivity contribution in [3.8, 4) is 11.5 Å². The van der Waals surface area contributed by atoms with Gasteiger partial charge in [0.1, 0.15) is 12.7 Å². The molecule has 0 amide bonds. The molecule has 2 unspecified atom stereocenters. The summed E-state index contributed by atoms with van der Waals surface area (Å²) in [5.74, 6) is 0.110. The summed E-state index contributed by atoms with van der Waals surface area (Å²) >= 11 is 0. The van der Waals surface area contributed by atoms with Crippen LogP contribution >= 0.6 is 0 Å². The number of hydrogen-bond acceptors (Lipinski definition) is 4. The van der Waals surface area contributed by atoms with E-state index in [1.54, 1.807) is 31.2 Å². The van der Waals surface area contributed by atoms with E-state index in [2.05, 4.69) is 0 Å². The maximum Gasteiger partial charge on any atom is 0.416 e. The predicted molar refractivity (Wildman–Crippen MR) is 82.2 cm³/mol. The minimum Gasteiger partial charge on any atom is -0.482 e. The third-order valence-electron chi connectivity index (χ3n) is 3.77. The van der Waals surface area contributed by atoms with Crippen molar-refractivity contribution in [1.29, 1.82) is 0 Å². The first-order valence-electron chi connectivity index (χ1n) is 7.60. The van der Waals surface area contributed by atoms with Gasteiger partial charge in [-0.2, -0.15) is 13.2 Å². The molecule has 0 spiro atoms. The van der Waals surface area contributed by atoms with Crippen molar-refractivity contribution in [2.45, 2.75) is 31.9 Å². The highest BCUT2D eigenvalue weighted by Crippen LogP contribution is 2.34. The van der Waals surface area contributed by atoms with Crippen LogP contribution in [0.15, 0.2) is 48.5 Å². The second-order valence-corrected chi connectivity index (χ2v) is 5.57. The minimum absolute atomic E-state index is 0.117. The summed E-state index contributed by atoms with van der Waals surface area (Å²) in [6.07, 6.45) is -6.19. The van der Waals surface area contributed by atoms with Gasteiger partial charge in [-0.05, 0) is 25.1 Å². The molecule has 0 bridgehead atoms. The van der Waals surface area contributed by atoms with E-state index < -0.39 is 36.5 Å². The fraction of sp³-hybridized carbons (Fsp3) is 0.278. The zero-order valence-corrected chi connectivity index (χ0v) is 13.2. The first-order valence-corrected chi connectivity index (χ1v) is 7.60. The lowest BCUT2D eigenvalue weighted by molar-refractivity contribution is -0.160. The highest BCUT2D eigenvalue weighted by Gasteiger charge is 2.36. The monoisotopic (exact) mass is 352 g/mol. The van der Waals surface area contributed by atoms with Crippen LogP contribution in [0, 0.1) is 0 Å². The van der Waals surface area contributed by atoms with E-state index in [1.807, 2.05) is 0 Å². The Labute approximate surface area is 142 Å². The van der Waals surface area contributed by atoms with Crippen LogP contribution in [0.2, 0.25) is 0 Å². The molecule has 1 aliphatic heterocycles. The molecule has 2 atom stereocenters. The van der Waals surface area contributed by atoms with Gasteiger partial charge in [0.05, 0.1) is 5.56 Å². The normalized spacial score (nSPS) is 19.4. The number of fused-ring (bicyclic) bond motifs is 1. The Morgan fingerprint density at radius 1 is 1.04 bits per heavy atom. The van der Waals surface area contributed by atoms with Gasteiger partial charge < -0.3 is 14.2 Å². The van der Waals surface area contributed by atoms with Crippen LogP contribution in [0.3, 0.4) is 0 Å². The van der Waals surface area contributed by atoms with Gasteiger partial charge in [-0.1, -0.05) is 30.3 Å². The molecule has 1 aliphatic rings. The van der Waals surface area contributed by atoms with Gasteiger partial charge in [-0.25, -0.2) is 4.79 Å². The number of benzene rings is 2. The Hall–Kier alpha value is -2.70. The second kappa shape index (κ2) is 6.66. The summed E-state index contributed by atoms with van der Waals surface area (Å²) in [6, 6.07) is 11.8. The van der Waals surface area contributed by atoms with Crippen LogP contribution in [0.25, 0.3) is 0 Å². The lowest BCUT2D eigenvalue weighted by Crippen LogP contribution is -2.44.